The van der Waals surface area contributed by atoms with E-state index in [2.05, 4.69) is 10.3 Å². The average molecular weight is 362 g/mol. The Morgan fingerprint density at radius 3 is 2.40 bits per heavy atom. The number of aromatic nitrogens is 1. The molecule has 0 aliphatic heterocycles. The van der Waals surface area contributed by atoms with E-state index in [1.807, 2.05) is 32.9 Å². The third kappa shape index (κ3) is 4.79. The molecule has 0 atom stereocenters. The molecule has 0 fully saturated rings. The number of thiazole rings is 1. The molecule has 0 aliphatic rings. The number of aryl methyl sites for hydroxylation is 4. The number of anilines is 1. The van der Waals surface area contributed by atoms with Gasteiger partial charge in [-0.1, -0.05) is 29.0 Å². The van der Waals surface area contributed by atoms with Gasteiger partial charge in [-0.3, -0.25) is 10.1 Å². The fourth-order valence-electron chi connectivity index (χ4n) is 2.52. The fourth-order valence-corrected chi connectivity index (χ4v) is 3.40. The monoisotopic (exact) mass is 362 g/mol. The summed E-state index contributed by atoms with van der Waals surface area (Å²) >= 11 is 1.09. The maximum absolute atomic E-state index is 12.1. The Morgan fingerprint density at radius 2 is 1.80 bits per heavy atom. The number of nitrogens with one attached hydrogen (secondary N) is 1. The molecule has 0 spiro atoms. The van der Waals surface area contributed by atoms with Crippen LogP contribution in [0.25, 0.3) is 0 Å². The molecule has 0 bridgehead atoms. The fraction of sp³-hybridized carbons (Fsp3) is 0.389. The summed E-state index contributed by atoms with van der Waals surface area (Å²) in [6, 6.07) is 4.02. The van der Waals surface area contributed by atoms with Crippen LogP contribution in [0.15, 0.2) is 12.1 Å². The van der Waals surface area contributed by atoms with Crippen LogP contribution in [0.3, 0.4) is 0 Å². The van der Waals surface area contributed by atoms with E-state index in [0.717, 1.165) is 28.0 Å². The molecule has 134 valence electrons. The van der Waals surface area contributed by atoms with Gasteiger partial charge in [-0.05, 0) is 45.7 Å². The second-order valence-electron chi connectivity index (χ2n) is 5.72. The van der Waals surface area contributed by atoms with Crippen LogP contribution in [-0.4, -0.2) is 30.1 Å². The molecule has 1 aromatic carbocycles. The van der Waals surface area contributed by atoms with Gasteiger partial charge >= 0.3 is 5.97 Å². The van der Waals surface area contributed by atoms with Crippen molar-refractivity contribution in [3.63, 3.8) is 0 Å². The highest BCUT2D eigenvalue weighted by Crippen LogP contribution is 2.25. The number of ether oxygens (including phenoxy) is 2. The number of benzene rings is 1. The summed E-state index contributed by atoms with van der Waals surface area (Å²) in [6.45, 7) is 9.52. The average Bonchev–Trinajstić information content (AvgIpc) is 2.86. The molecule has 1 aromatic heterocycles. The maximum Gasteiger partial charge on any atom is 0.350 e. The Bertz CT molecular complexity index is 775. The largest absolute Gasteiger partial charge is 0.483 e. The summed E-state index contributed by atoms with van der Waals surface area (Å²) in [5.41, 5.74) is 3.65. The van der Waals surface area contributed by atoms with Crippen LogP contribution in [0.4, 0.5) is 5.13 Å². The second kappa shape index (κ2) is 8.11. The number of hydrogen-bond acceptors (Lipinski definition) is 6. The van der Waals surface area contributed by atoms with Gasteiger partial charge in [0.1, 0.15) is 10.6 Å². The summed E-state index contributed by atoms with van der Waals surface area (Å²) < 4.78 is 10.6. The molecular formula is C18H22N2O4S. The Balaban J connectivity index is 1.99. The lowest BCUT2D eigenvalue weighted by Crippen LogP contribution is -2.20. The number of rotatable bonds is 6. The summed E-state index contributed by atoms with van der Waals surface area (Å²) in [5, 5.41) is 3.01. The first-order chi connectivity index (χ1) is 11.8. The SMILES string of the molecule is CCOC(=O)c1sc(NC(=O)COc2c(C)cc(C)cc2C)nc1C. The minimum Gasteiger partial charge on any atom is -0.483 e. The lowest BCUT2D eigenvalue weighted by atomic mass is 10.1. The van der Waals surface area contributed by atoms with Gasteiger partial charge in [-0.2, -0.15) is 0 Å². The maximum atomic E-state index is 12.1. The topological polar surface area (TPSA) is 77.5 Å². The van der Waals surface area contributed by atoms with Crippen molar-refractivity contribution in [3.05, 3.63) is 39.4 Å². The van der Waals surface area contributed by atoms with E-state index < -0.39 is 5.97 Å². The molecule has 1 heterocycles. The number of esters is 1. The predicted octanol–water partition coefficient (Wildman–Crippen LogP) is 3.57. The van der Waals surface area contributed by atoms with E-state index in [4.69, 9.17) is 9.47 Å². The quantitative estimate of drug-likeness (QED) is 0.795. The molecule has 1 N–H and O–H groups in total. The van der Waals surface area contributed by atoms with Gasteiger partial charge in [0.15, 0.2) is 11.7 Å². The van der Waals surface area contributed by atoms with Crippen molar-refractivity contribution in [2.75, 3.05) is 18.5 Å². The number of carbonyl (C=O) groups excluding carboxylic acids is 2. The van der Waals surface area contributed by atoms with Gasteiger partial charge in [-0.15, -0.1) is 0 Å². The summed E-state index contributed by atoms with van der Waals surface area (Å²) in [6.07, 6.45) is 0. The molecule has 7 heteroatoms. The molecule has 0 saturated carbocycles. The highest BCUT2D eigenvalue weighted by atomic mass is 32.1. The highest BCUT2D eigenvalue weighted by Gasteiger charge is 2.18. The Labute approximate surface area is 151 Å². The van der Waals surface area contributed by atoms with Crippen molar-refractivity contribution in [3.8, 4) is 5.75 Å². The van der Waals surface area contributed by atoms with E-state index in [1.165, 1.54) is 0 Å². The standard InChI is InChI=1S/C18H22N2O4S/c1-6-23-17(22)16-13(5)19-18(25-16)20-14(21)9-24-15-11(3)7-10(2)8-12(15)4/h7-8H,6,9H2,1-5H3,(H,19,20,21). The van der Waals surface area contributed by atoms with Crippen molar-refractivity contribution in [1.82, 2.24) is 4.98 Å². The third-order valence-electron chi connectivity index (χ3n) is 3.46. The van der Waals surface area contributed by atoms with E-state index in [-0.39, 0.29) is 12.5 Å². The van der Waals surface area contributed by atoms with Crippen LogP contribution >= 0.6 is 11.3 Å². The van der Waals surface area contributed by atoms with Crippen LogP contribution in [-0.2, 0) is 9.53 Å². The molecule has 0 unspecified atom stereocenters. The van der Waals surface area contributed by atoms with Crippen molar-refractivity contribution in [2.45, 2.75) is 34.6 Å². The lowest BCUT2D eigenvalue weighted by Gasteiger charge is -2.12. The van der Waals surface area contributed by atoms with Crippen molar-refractivity contribution in [1.29, 1.82) is 0 Å². The zero-order valence-electron chi connectivity index (χ0n) is 15.1. The summed E-state index contributed by atoms with van der Waals surface area (Å²) in [7, 11) is 0. The van der Waals surface area contributed by atoms with Crippen molar-refractivity contribution in [2.24, 2.45) is 0 Å². The minimum atomic E-state index is -0.430. The lowest BCUT2D eigenvalue weighted by molar-refractivity contribution is -0.118. The minimum absolute atomic E-state index is 0.127. The molecule has 0 radical (unpaired) electrons. The smallest absolute Gasteiger partial charge is 0.350 e. The van der Waals surface area contributed by atoms with Crippen molar-refractivity contribution < 1.29 is 19.1 Å². The molecule has 0 saturated heterocycles. The van der Waals surface area contributed by atoms with Crippen LogP contribution < -0.4 is 10.1 Å². The Kier molecular flexibility index (Phi) is 6.14. The first kappa shape index (κ1) is 18.9. The molecule has 2 aromatic rings. The van der Waals surface area contributed by atoms with E-state index in [1.54, 1.807) is 13.8 Å². The first-order valence-corrected chi connectivity index (χ1v) is 8.78. The number of amides is 1. The van der Waals surface area contributed by atoms with Gasteiger partial charge in [0, 0.05) is 0 Å². The van der Waals surface area contributed by atoms with Crippen LogP contribution in [0.1, 0.15) is 39.0 Å². The van der Waals surface area contributed by atoms with Gasteiger partial charge in [-0.25, -0.2) is 9.78 Å². The predicted molar refractivity (Wildman–Crippen MR) is 97.6 cm³/mol. The van der Waals surface area contributed by atoms with Crippen LogP contribution in [0.5, 0.6) is 5.75 Å². The molecule has 2 rings (SSSR count). The normalized spacial score (nSPS) is 10.4. The zero-order chi connectivity index (χ0) is 18.6. The zero-order valence-corrected chi connectivity index (χ0v) is 15.9. The summed E-state index contributed by atoms with van der Waals surface area (Å²) in [4.78, 5) is 28.5. The number of carbonyl (C=O) groups is 2. The Morgan fingerprint density at radius 1 is 1.16 bits per heavy atom. The number of hydrogen-bond donors (Lipinski definition) is 1. The van der Waals surface area contributed by atoms with E-state index >= 15 is 0 Å². The van der Waals surface area contributed by atoms with Gasteiger partial charge in [0.2, 0.25) is 0 Å². The second-order valence-corrected chi connectivity index (χ2v) is 6.72. The number of nitrogens with zero attached hydrogens (tertiary/aromatic N) is 1. The first-order valence-electron chi connectivity index (χ1n) is 7.96. The summed E-state index contributed by atoms with van der Waals surface area (Å²) in [5.74, 6) is -0.0491. The Hall–Kier alpha value is -2.41. The molecule has 25 heavy (non-hydrogen) atoms. The van der Waals surface area contributed by atoms with Gasteiger partial charge < -0.3 is 9.47 Å². The molecule has 6 nitrogen and oxygen atoms in total. The third-order valence-corrected chi connectivity index (χ3v) is 4.51. The molecule has 0 aliphatic carbocycles. The highest BCUT2D eigenvalue weighted by molar-refractivity contribution is 7.17. The van der Waals surface area contributed by atoms with Crippen LogP contribution in [0.2, 0.25) is 0 Å². The molecular weight excluding hydrogens is 340 g/mol. The van der Waals surface area contributed by atoms with Gasteiger partial charge in [0.25, 0.3) is 5.91 Å². The van der Waals surface area contributed by atoms with E-state index in [0.29, 0.717) is 28.1 Å². The van der Waals surface area contributed by atoms with E-state index in [9.17, 15) is 9.59 Å². The van der Waals surface area contributed by atoms with Crippen LogP contribution in [0, 0.1) is 27.7 Å². The molecule has 1 amide bonds. The van der Waals surface area contributed by atoms with Crippen molar-refractivity contribution >= 4 is 28.3 Å². The van der Waals surface area contributed by atoms with Gasteiger partial charge in [0.05, 0.1) is 12.3 Å².